The normalized spacial score (nSPS) is 12.2. The number of aromatic nitrogens is 1. The molecule has 17 heavy (non-hydrogen) atoms. The molecule has 1 heterocycles. The predicted molar refractivity (Wildman–Crippen MR) is 59.4 cm³/mol. The average Bonchev–Trinajstić information content (AvgIpc) is 2.63. The Morgan fingerprint density at radius 2 is 2.24 bits per heavy atom. The second-order valence-corrected chi connectivity index (χ2v) is 4.05. The van der Waals surface area contributed by atoms with Gasteiger partial charge in [0.05, 0.1) is 12.1 Å². The van der Waals surface area contributed by atoms with Gasteiger partial charge < -0.3 is 14.4 Å². The number of hydrogen-bond acceptors (Lipinski definition) is 4. The fourth-order valence-electron chi connectivity index (χ4n) is 1.34. The van der Waals surface area contributed by atoms with Gasteiger partial charge in [-0.2, -0.15) is 0 Å². The van der Waals surface area contributed by atoms with Gasteiger partial charge in [0.25, 0.3) is 0 Å². The topological polar surface area (TPSA) is 83.6 Å². The molecule has 0 aliphatic rings. The van der Waals surface area contributed by atoms with Crippen LogP contribution in [0.15, 0.2) is 10.6 Å². The van der Waals surface area contributed by atoms with Crippen molar-refractivity contribution in [2.75, 3.05) is 13.6 Å². The number of oxazole rings is 1. The number of carboxylic acids is 1. The minimum atomic E-state index is -0.920. The van der Waals surface area contributed by atoms with E-state index in [2.05, 4.69) is 4.98 Å². The summed E-state index contributed by atoms with van der Waals surface area (Å²) in [6, 6.07) is 0. The van der Waals surface area contributed by atoms with Crippen molar-refractivity contribution >= 4 is 11.9 Å². The molecule has 0 aliphatic carbocycles. The number of carbonyl (C=O) groups excluding carboxylic acids is 1. The number of aliphatic carboxylic acids is 1. The molecule has 6 nitrogen and oxygen atoms in total. The van der Waals surface area contributed by atoms with Crippen LogP contribution in [-0.4, -0.2) is 40.5 Å². The smallest absolute Gasteiger partial charge is 0.308 e. The van der Waals surface area contributed by atoms with Crippen LogP contribution in [0.5, 0.6) is 0 Å². The van der Waals surface area contributed by atoms with Gasteiger partial charge >= 0.3 is 5.97 Å². The van der Waals surface area contributed by atoms with Crippen molar-refractivity contribution in [3.8, 4) is 0 Å². The molecule has 0 fully saturated rings. The summed E-state index contributed by atoms with van der Waals surface area (Å²) in [4.78, 5) is 27.7. The second kappa shape index (κ2) is 5.47. The molecular formula is C11H16N2O4. The summed E-state index contributed by atoms with van der Waals surface area (Å²) >= 11 is 0. The largest absolute Gasteiger partial charge is 0.481 e. The molecule has 0 saturated heterocycles. The first-order valence-electron chi connectivity index (χ1n) is 5.28. The van der Waals surface area contributed by atoms with Crippen LogP contribution in [0.25, 0.3) is 0 Å². The summed E-state index contributed by atoms with van der Waals surface area (Å²) in [7, 11) is 1.57. The van der Waals surface area contributed by atoms with E-state index >= 15 is 0 Å². The number of carboxylic acid groups (broad SMARTS) is 1. The summed E-state index contributed by atoms with van der Waals surface area (Å²) in [5, 5.41) is 8.74. The van der Waals surface area contributed by atoms with Crippen LogP contribution in [0, 0.1) is 12.8 Å². The van der Waals surface area contributed by atoms with Gasteiger partial charge in [-0.1, -0.05) is 6.92 Å². The lowest BCUT2D eigenvalue weighted by Gasteiger charge is -2.18. The Labute approximate surface area is 99.2 Å². The maximum atomic E-state index is 11.7. The Balaban J connectivity index is 2.50. The summed E-state index contributed by atoms with van der Waals surface area (Å²) in [5.41, 5.74) is 0. The standard InChI is InChI=1S/C11H16N2O4/c1-7(11(15)16)6-13(3)10(14)4-9-12-5-8(2)17-9/h5,7H,4,6H2,1-3H3,(H,15,16). The number of amides is 1. The second-order valence-electron chi connectivity index (χ2n) is 4.05. The molecule has 1 unspecified atom stereocenters. The third-order valence-electron chi connectivity index (χ3n) is 2.37. The lowest BCUT2D eigenvalue weighted by atomic mass is 10.1. The maximum absolute atomic E-state index is 11.7. The third kappa shape index (κ3) is 3.90. The third-order valence-corrected chi connectivity index (χ3v) is 2.37. The van der Waals surface area contributed by atoms with Crippen molar-refractivity contribution in [2.45, 2.75) is 20.3 Å². The summed E-state index contributed by atoms with van der Waals surface area (Å²) in [6.45, 7) is 3.48. The SMILES string of the molecule is Cc1cnc(CC(=O)N(C)CC(C)C(=O)O)o1. The number of rotatable bonds is 5. The van der Waals surface area contributed by atoms with Gasteiger partial charge in [0.2, 0.25) is 11.8 Å². The molecule has 6 heteroatoms. The lowest BCUT2D eigenvalue weighted by Crippen LogP contribution is -2.34. The maximum Gasteiger partial charge on any atom is 0.308 e. The van der Waals surface area contributed by atoms with Gasteiger partial charge in [0.15, 0.2) is 0 Å². The van der Waals surface area contributed by atoms with Gasteiger partial charge in [0, 0.05) is 13.6 Å². The van der Waals surface area contributed by atoms with Crippen LogP contribution in [-0.2, 0) is 16.0 Å². The fourth-order valence-corrected chi connectivity index (χ4v) is 1.34. The molecule has 0 saturated carbocycles. The molecule has 0 aromatic carbocycles. The van der Waals surface area contributed by atoms with Crippen LogP contribution in [0.3, 0.4) is 0 Å². The van der Waals surface area contributed by atoms with Gasteiger partial charge in [-0.3, -0.25) is 9.59 Å². The van der Waals surface area contributed by atoms with E-state index in [0.29, 0.717) is 11.7 Å². The molecule has 0 bridgehead atoms. The Kier molecular flexibility index (Phi) is 4.25. The van der Waals surface area contributed by atoms with E-state index in [0.717, 1.165) is 0 Å². The van der Waals surface area contributed by atoms with Crippen molar-refractivity contribution in [3.63, 3.8) is 0 Å². The van der Waals surface area contributed by atoms with Crippen LogP contribution >= 0.6 is 0 Å². The van der Waals surface area contributed by atoms with Crippen molar-refractivity contribution in [2.24, 2.45) is 5.92 Å². The highest BCUT2D eigenvalue weighted by atomic mass is 16.4. The minimum absolute atomic E-state index is 0.0523. The fraction of sp³-hybridized carbons (Fsp3) is 0.545. The first-order valence-corrected chi connectivity index (χ1v) is 5.28. The van der Waals surface area contributed by atoms with Gasteiger partial charge in [-0.05, 0) is 6.92 Å². The summed E-state index contributed by atoms with van der Waals surface area (Å²) in [5.74, 6) is -0.719. The van der Waals surface area contributed by atoms with Gasteiger partial charge in [0.1, 0.15) is 12.2 Å². The molecule has 94 valence electrons. The van der Waals surface area contributed by atoms with Crippen LogP contribution in [0.2, 0.25) is 0 Å². The minimum Gasteiger partial charge on any atom is -0.481 e. The van der Waals surface area contributed by atoms with E-state index in [1.54, 1.807) is 27.1 Å². The van der Waals surface area contributed by atoms with E-state index in [9.17, 15) is 9.59 Å². The van der Waals surface area contributed by atoms with E-state index in [1.165, 1.54) is 4.90 Å². The molecule has 1 amide bonds. The zero-order chi connectivity index (χ0) is 13.0. The van der Waals surface area contributed by atoms with E-state index < -0.39 is 11.9 Å². The Morgan fingerprint density at radius 1 is 1.59 bits per heavy atom. The first-order chi connectivity index (χ1) is 7.90. The van der Waals surface area contributed by atoms with E-state index in [4.69, 9.17) is 9.52 Å². The average molecular weight is 240 g/mol. The molecular weight excluding hydrogens is 224 g/mol. The Hall–Kier alpha value is -1.85. The van der Waals surface area contributed by atoms with E-state index in [1.807, 2.05) is 0 Å². The number of hydrogen-bond donors (Lipinski definition) is 1. The van der Waals surface area contributed by atoms with Gasteiger partial charge in [-0.25, -0.2) is 4.98 Å². The predicted octanol–water partition coefficient (Wildman–Crippen LogP) is 0.705. The quantitative estimate of drug-likeness (QED) is 0.819. The molecule has 1 aromatic heterocycles. The number of carbonyl (C=O) groups is 2. The molecule has 0 radical (unpaired) electrons. The summed E-state index contributed by atoms with van der Waals surface area (Å²) in [6.07, 6.45) is 1.60. The number of aryl methyl sites for hydroxylation is 1. The number of nitrogens with zero attached hydrogens (tertiary/aromatic N) is 2. The van der Waals surface area contributed by atoms with Crippen molar-refractivity contribution in [1.29, 1.82) is 0 Å². The molecule has 0 spiro atoms. The zero-order valence-corrected chi connectivity index (χ0v) is 10.1. The highest BCUT2D eigenvalue weighted by molar-refractivity contribution is 5.78. The Morgan fingerprint density at radius 3 is 2.71 bits per heavy atom. The van der Waals surface area contributed by atoms with Crippen molar-refractivity contribution in [1.82, 2.24) is 9.88 Å². The highest BCUT2D eigenvalue weighted by Crippen LogP contribution is 2.05. The summed E-state index contributed by atoms with van der Waals surface area (Å²) < 4.78 is 5.18. The molecule has 1 N–H and O–H groups in total. The van der Waals surface area contributed by atoms with Crippen molar-refractivity contribution in [3.05, 3.63) is 17.8 Å². The van der Waals surface area contributed by atoms with Crippen molar-refractivity contribution < 1.29 is 19.1 Å². The van der Waals surface area contributed by atoms with Crippen LogP contribution < -0.4 is 0 Å². The molecule has 1 rings (SSSR count). The first kappa shape index (κ1) is 13.2. The van der Waals surface area contributed by atoms with E-state index in [-0.39, 0.29) is 18.9 Å². The van der Waals surface area contributed by atoms with Crippen LogP contribution in [0.1, 0.15) is 18.6 Å². The lowest BCUT2D eigenvalue weighted by molar-refractivity contribution is -0.142. The molecule has 1 atom stereocenters. The Bertz CT molecular complexity index is 413. The zero-order valence-electron chi connectivity index (χ0n) is 10.1. The van der Waals surface area contributed by atoms with Crippen LogP contribution in [0.4, 0.5) is 0 Å². The monoisotopic (exact) mass is 240 g/mol. The van der Waals surface area contributed by atoms with Gasteiger partial charge in [-0.15, -0.1) is 0 Å². The molecule has 0 aliphatic heterocycles. The molecule has 1 aromatic rings. The highest BCUT2D eigenvalue weighted by Gasteiger charge is 2.18. The number of likely N-dealkylation sites (N-methyl/N-ethyl adjacent to an activating group) is 1.